The van der Waals surface area contributed by atoms with Gasteiger partial charge in [0.05, 0.1) is 31.5 Å². The summed E-state index contributed by atoms with van der Waals surface area (Å²) in [6.45, 7) is 1.73. The van der Waals surface area contributed by atoms with Gasteiger partial charge in [-0.3, -0.25) is 4.79 Å². The Morgan fingerprint density at radius 2 is 1.46 bits per heavy atom. The first-order valence-electron chi connectivity index (χ1n) is 8.21. The Morgan fingerprint density at radius 3 is 1.92 bits per heavy atom. The third-order valence-electron chi connectivity index (χ3n) is 4.30. The normalized spacial score (nSPS) is 11.8. The summed E-state index contributed by atoms with van der Waals surface area (Å²) in [5, 5.41) is 0. The van der Waals surface area contributed by atoms with Crippen LogP contribution in [0.1, 0.15) is 18.7 Å². The predicted molar refractivity (Wildman–Crippen MR) is 100 cm³/mol. The van der Waals surface area contributed by atoms with E-state index in [4.69, 9.17) is 15.2 Å². The van der Waals surface area contributed by atoms with Crippen LogP contribution in [0.5, 0.6) is 11.5 Å². The summed E-state index contributed by atoms with van der Waals surface area (Å²) < 4.78 is 10.4. The van der Waals surface area contributed by atoms with Crippen molar-refractivity contribution in [1.82, 2.24) is 9.97 Å². The SMILES string of the molecule is COc1ccc(-c2nc(C(C)C(N)=O)[nH]c2-c2ccc(OC)cc2)cc1. The largest absolute Gasteiger partial charge is 0.497 e. The van der Waals surface area contributed by atoms with Crippen molar-refractivity contribution in [3.8, 4) is 34.0 Å². The number of hydrogen-bond acceptors (Lipinski definition) is 4. The van der Waals surface area contributed by atoms with Gasteiger partial charge in [-0.2, -0.15) is 0 Å². The Labute approximate surface area is 152 Å². The highest BCUT2D eigenvalue weighted by Crippen LogP contribution is 2.33. The van der Waals surface area contributed by atoms with Crippen molar-refractivity contribution in [3.05, 3.63) is 54.4 Å². The van der Waals surface area contributed by atoms with E-state index in [1.54, 1.807) is 21.1 Å². The van der Waals surface area contributed by atoms with Gasteiger partial charge in [-0.25, -0.2) is 4.98 Å². The zero-order valence-electron chi connectivity index (χ0n) is 14.9. The molecule has 0 radical (unpaired) electrons. The summed E-state index contributed by atoms with van der Waals surface area (Å²) >= 11 is 0. The zero-order valence-corrected chi connectivity index (χ0v) is 14.9. The fourth-order valence-corrected chi connectivity index (χ4v) is 2.66. The van der Waals surface area contributed by atoms with Gasteiger partial charge in [-0.15, -0.1) is 0 Å². The van der Waals surface area contributed by atoms with Gasteiger partial charge in [0.25, 0.3) is 0 Å². The van der Waals surface area contributed by atoms with Gasteiger partial charge in [-0.05, 0) is 55.5 Å². The number of imidazole rings is 1. The standard InChI is InChI=1S/C20H21N3O3/c1-12(19(21)24)20-22-17(13-4-8-15(25-2)9-5-13)18(23-20)14-6-10-16(26-3)11-7-14/h4-12H,1-3H3,(H2,21,24)(H,22,23). The molecule has 26 heavy (non-hydrogen) atoms. The fourth-order valence-electron chi connectivity index (χ4n) is 2.66. The number of aromatic nitrogens is 2. The number of benzene rings is 2. The minimum Gasteiger partial charge on any atom is -0.497 e. The Hall–Kier alpha value is -3.28. The van der Waals surface area contributed by atoms with Crippen LogP contribution in [0.2, 0.25) is 0 Å². The highest BCUT2D eigenvalue weighted by molar-refractivity contribution is 5.83. The van der Waals surface area contributed by atoms with E-state index < -0.39 is 11.8 Å². The van der Waals surface area contributed by atoms with Crippen LogP contribution in [0.15, 0.2) is 48.5 Å². The number of aromatic amines is 1. The Bertz CT molecular complexity index is 834. The Morgan fingerprint density at radius 1 is 0.962 bits per heavy atom. The Balaban J connectivity index is 2.11. The molecule has 1 atom stereocenters. The minimum absolute atomic E-state index is 0.429. The lowest BCUT2D eigenvalue weighted by Crippen LogP contribution is -2.19. The number of primary amides is 1. The van der Waals surface area contributed by atoms with Crippen LogP contribution in [-0.2, 0) is 4.79 Å². The lowest BCUT2D eigenvalue weighted by Gasteiger charge is -2.06. The molecular weight excluding hydrogens is 330 g/mol. The second-order valence-electron chi connectivity index (χ2n) is 5.93. The number of methoxy groups -OCH3 is 2. The van der Waals surface area contributed by atoms with Gasteiger partial charge < -0.3 is 20.2 Å². The van der Waals surface area contributed by atoms with Crippen LogP contribution >= 0.6 is 0 Å². The van der Waals surface area contributed by atoms with Crippen LogP contribution in [0.3, 0.4) is 0 Å². The molecule has 0 aliphatic heterocycles. The molecule has 6 nitrogen and oxygen atoms in total. The van der Waals surface area contributed by atoms with Crippen molar-refractivity contribution in [3.63, 3.8) is 0 Å². The van der Waals surface area contributed by atoms with Crippen molar-refractivity contribution in [2.45, 2.75) is 12.8 Å². The lowest BCUT2D eigenvalue weighted by molar-refractivity contribution is -0.119. The first-order valence-corrected chi connectivity index (χ1v) is 8.21. The van der Waals surface area contributed by atoms with E-state index in [-0.39, 0.29) is 0 Å². The summed E-state index contributed by atoms with van der Waals surface area (Å²) in [6, 6.07) is 15.3. The average Bonchev–Trinajstić information content (AvgIpc) is 3.12. The minimum atomic E-state index is -0.515. The molecule has 0 bridgehead atoms. The molecule has 0 fully saturated rings. The first-order chi connectivity index (χ1) is 12.5. The van der Waals surface area contributed by atoms with E-state index >= 15 is 0 Å². The Kier molecular flexibility index (Phi) is 4.93. The summed E-state index contributed by atoms with van der Waals surface area (Å²) in [5.41, 5.74) is 8.87. The van der Waals surface area contributed by atoms with Crippen molar-refractivity contribution < 1.29 is 14.3 Å². The van der Waals surface area contributed by atoms with Gasteiger partial charge >= 0.3 is 0 Å². The number of nitrogens with one attached hydrogen (secondary N) is 1. The number of hydrogen-bond donors (Lipinski definition) is 2. The maximum absolute atomic E-state index is 11.6. The molecule has 134 valence electrons. The molecule has 0 aliphatic carbocycles. The molecule has 1 aromatic heterocycles. The van der Waals surface area contributed by atoms with Crippen LogP contribution in [0.25, 0.3) is 22.5 Å². The summed E-state index contributed by atoms with van der Waals surface area (Å²) in [7, 11) is 3.25. The molecule has 2 aromatic carbocycles. The van der Waals surface area contributed by atoms with Gasteiger partial charge in [0.15, 0.2) is 0 Å². The molecule has 6 heteroatoms. The second kappa shape index (κ2) is 7.31. The molecular formula is C20H21N3O3. The number of carbonyl (C=O) groups excluding carboxylic acids is 1. The van der Waals surface area contributed by atoms with E-state index in [0.29, 0.717) is 5.82 Å². The number of nitrogens with zero attached hydrogens (tertiary/aromatic N) is 1. The van der Waals surface area contributed by atoms with Crippen LogP contribution in [0, 0.1) is 0 Å². The fraction of sp³-hybridized carbons (Fsp3) is 0.200. The molecule has 3 aromatic rings. The van der Waals surface area contributed by atoms with Gasteiger partial charge in [0.1, 0.15) is 17.3 Å². The van der Waals surface area contributed by atoms with Gasteiger partial charge in [-0.1, -0.05) is 0 Å². The molecule has 0 aliphatic rings. The van der Waals surface area contributed by atoms with Crippen LogP contribution in [-0.4, -0.2) is 30.1 Å². The number of amides is 1. The number of rotatable bonds is 6. The number of carbonyl (C=O) groups is 1. The van der Waals surface area contributed by atoms with Crippen molar-refractivity contribution in [2.24, 2.45) is 5.73 Å². The van der Waals surface area contributed by atoms with Crippen molar-refractivity contribution in [2.75, 3.05) is 14.2 Å². The molecule has 1 heterocycles. The molecule has 1 unspecified atom stereocenters. The topological polar surface area (TPSA) is 90.2 Å². The van der Waals surface area contributed by atoms with Crippen LogP contribution in [0.4, 0.5) is 0 Å². The lowest BCUT2D eigenvalue weighted by atomic mass is 10.0. The van der Waals surface area contributed by atoms with Gasteiger partial charge in [0, 0.05) is 11.1 Å². The highest BCUT2D eigenvalue weighted by atomic mass is 16.5. The van der Waals surface area contributed by atoms with Gasteiger partial charge in [0.2, 0.25) is 5.91 Å². The van der Waals surface area contributed by atoms with E-state index in [1.165, 1.54) is 0 Å². The molecule has 0 spiro atoms. The highest BCUT2D eigenvalue weighted by Gasteiger charge is 2.20. The summed E-state index contributed by atoms with van der Waals surface area (Å²) in [4.78, 5) is 19.5. The average molecular weight is 351 g/mol. The zero-order chi connectivity index (χ0) is 18.7. The van der Waals surface area contributed by atoms with E-state index in [0.717, 1.165) is 34.0 Å². The third kappa shape index (κ3) is 3.39. The molecule has 3 N–H and O–H groups in total. The number of ether oxygens (including phenoxy) is 2. The third-order valence-corrected chi connectivity index (χ3v) is 4.30. The number of nitrogens with two attached hydrogens (primary N) is 1. The van der Waals surface area contributed by atoms with E-state index in [1.807, 2.05) is 48.5 Å². The summed E-state index contributed by atoms with van der Waals surface area (Å²) in [5.74, 6) is 1.13. The van der Waals surface area contributed by atoms with Crippen molar-refractivity contribution >= 4 is 5.91 Å². The monoisotopic (exact) mass is 351 g/mol. The van der Waals surface area contributed by atoms with Crippen LogP contribution < -0.4 is 15.2 Å². The maximum atomic E-state index is 11.6. The molecule has 1 amide bonds. The second-order valence-corrected chi connectivity index (χ2v) is 5.93. The molecule has 0 saturated heterocycles. The first kappa shape index (κ1) is 17.5. The van der Waals surface area contributed by atoms with E-state index in [2.05, 4.69) is 9.97 Å². The molecule has 0 saturated carbocycles. The molecule has 3 rings (SSSR count). The quantitative estimate of drug-likeness (QED) is 0.712. The smallest absolute Gasteiger partial charge is 0.227 e. The summed E-state index contributed by atoms with van der Waals surface area (Å²) in [6.07, 6.45) is 0. The maximum Gasteiger partial charge on any atom is 0.227 e. The number of H-pyrrole nitrogens is 1. The van der Waals surface area contributed by atoms with E-state index in [9.17, 15) is 4.79 Å². The predicted octanol–water partition coefficient (Wildman–Crippen LogP) is 3.35. The van der Waals surface area contributed by atoms with Crippen molar-refractivity contribution in [1.29, 1.82) is 0 Å².